The first-order chi connectivity index (χ1) is 9.81. The van der Waals surface area contributed by atoms with Gasteiger partial charge in [-0.1, -0.05) is 20.8 Å². The summed E-state index contributed by atoms with van der Waals surface area (Å²) in [7, 11) is 0. The van der Waals surface area contributed by atoms with E-state index < -0.39 is 11.6 Å². The number of hydrogen-bond acceptors (Lipinski definition) is 2. The zero-order valence-electron chi connectivity index (χ0n) is 12.7. The van der Waals surface area contributed by atoms with Crippen LogP contribution in [0.2, 0.25) is 0 Å². The number of benzene rings is 1. The van der Waals surface area contributed by atoms with E-state index >= 15 is 0 Å². The van der Waals surface area contributed by atoms with Crippen molar-refractivity contribution in [3.8, 4) is 6.07 Å². The third-order valence-electron chi connectivity index (χ3n) is 4.35. The van der Waals surface area contributed by atoms with Crippen molar-refractivity contribution in [3.05, 3.63) is 29.8 Å². The summed E-state index contributed by atoms with van der Waals surface area (Å²) >= 11 is 1.39. The van der Waals surface area contributed by atoms with E-state index in [9.17, 15) is 14.0 Å². The van der Waals surface area contributed by atoms with Crippen LogP contribution in [0.25, 0.3) is 0 Å². The lowest BCUT2D eigenvalue weighted by molar-refractivity contribution is 0.169. The molecule has 1 fully saturated rings. The van der Waals surface area contributed by atoms with Gasteiger partial charge in [-0.3, -0.25) is 0 Å². The SMILES string of the molecule is CC(C)(C)C1CCC(C#N)C(Sc2ccc(F)cc2F)C1. The van der Waals surface area contributed by atoms with Crippen LogP contribution in [0, 0.1) is 40.2 Å². The Morgan fingerprint density at radius 2 is 1.95 bits per heavy atom. The zero-order chi connectivity index (χ0) is 15.6. The van der Waals surface area contributed by atoms with Crippen LogP contribution in [0.5, 0.6) is 0 Å². The maximum absolute atomic E-state index is 13.8. The molecule has 0 aliphatic heterocycles. The molecule has 114 valence electrons. The monoisotopic (exact) mass is 309 g/mol. The van der Waals surface area contributed by atoms with Crippen LogP contribution in [-0.2, 0) is 0 Å². The Morgan fingerprint density at radius 3 is 2.52 bits per heavy atom. The quantitative estimate of drug-likeness (QED) is 0.729. The third-order valence-corrected chi connectivity index (χ3v) is 5.76. The minimum atomic E-state index is -0.565. The average Bonchev–Trinajstić information content (AvgIpc) is 2.41. The molecule has 1 saturated carbocycles. The number of nitrogens with zero attached hydrogens (tertiary/aromatic N) is 1. The summed E-state index contributed by atoms with van der Waals surface area (Å²) in [6.07, 6.45) is 2.81. The van der Waals surface area contributed by atoms with E-state index in [2.05, 4.69) is 26.8 Å². The summed E-state index contributed by atoms with van der Waals surface area (Å²) in [6.45, 7) is 6.64. The Hall–Kier alpha value is -1.08. The first-order valence-electron chi connectivity index (χ1n) is 7.32. The highest BCUT2D eigenvalue weighted by Gasteiger charge is 2.36. The molecule has 1 aromatic carbocycles. The van der Waals surface area contributed by atoms with Crippen LogP contribution in [0.15, 0.2) is 23.1 Å². The van der Waals surface area contributed by atoms with Gasteiger partial charge >= 0.3 is 0 Å². The molecule has 0 aromatic heterocycles. The second kappa shape index (κ2) is 6.36. The summed E-state index contributed by atoms with van der Waals surface area (Å²) in [5.74, 6) is -0.624. The van der Waals surface area contributed by atoms with Gasteiger partial charge in [0.1, 0.15) is 11.6 Å². The van der Waals surface area contributed by atoms with Gasteiger partial charge < -0.3 is 0 Å². The first kappa shape index (κ1) is 16.3. The van der Waals surface area contributed by atoms with Crippen LogP contribution in [0.4, 0.5) is 8.78 Å². The molecule has 0 spiro atoms. The Balaban J connectivity index is 2.16. The fourth-order valence-electron chi connectivity index (χ4n) is 2.93. The highest BCUT2D eigenvalue weighted by Crippen LogP contribution is 2.45. The minimum Gasteiger partial charge on any atom is -0.207 e. The molecule has 4 heteroatoms. The maximum Gasteiger partial charge on any atom is 0.139 e. The molecule has 0 heterocycles. The number of halogens is 2. The first-order valence-corrected chi connectivity index (χ1v) is 8.20. The molecule has 1 aliphatic rings. The molecule has 1 nitrogen and oxygen atoms in total. The summed E-state index contributed by atoms with van der Waals surface area (Å²) in [5.41, 5.74) is 0.195. The van der Waals surface area contributed by atoms with Gasteiger partial charge in [0.25, 0.3) is 0 Å². The predicted molar refractivity (Wildman–Crippen MR) is 81.9 cm³/mol. The van der Waals surface area contributed by atoms with E-state index in [1.807, 2.05) is 0 Å². The van der Waals surface area contributed by atoms with E-state index in [1.165, 1.54) is 23.9 Å². The van der Waals surface area contributed by atoms with E-state index in [1.54, 1.807) is 0 Å². The maximum atomic E-state index is 13.8. The van der Waals surface area contributed by atoms with E-state index in [0.29, 0.717) is 10.8 Å². The number of nitriles is 1. The van der Waals surface area contributed by atoms with Gasteiger partial charge in [-0.2, -0.15) is 5.26 Å². The Bertz CT molecular complexity index is 545. The van der Waals surface area contributed by atoms with Crippen LogP contribution >= 0.6 is 11.8 Å². The highest BCUT2D eigenvalue weighted by molar-refractivity contribution is 8.00. The van der Waals surface area contributed by atoms with Crippen molar-refractivity contribution in [1.29, 1.82) is 5.26 Å². The molecule has 0 radical (unpaired) electrons. The fraction of sp³-hybridized carbons (Fsp3) is 0.588. The summed E-state index contributed by atoms with van der Waals surface area (Å²) < 4.78 is 26.8. The normalized spacial score (nSPS) is 26.4. The molecule has 2 rings (SSSR count). The smallest absolute Gasteiger partial charge is 0.139 e. The zero-order valence-corrected chi connectivity index (χ0v) is 13.5. The Morgan fingerprint density at radius 1 is 1.24 bits per heavy atom. The summed E-state index contributed by atoms with van der Waals surface area (Å²) in [4.78, 5) is 0.441. The molecule has 1 aliphatic carbocycles. The van der Waals surface area contributed by atoms with Gasteiger partial charge in [-0.05, 0) is 42.7 Å². The molecular weight excluding hydrogens is 288 g/mol. The fourth-order valence-corrected chi connectivity index (χ4v) is 4.26. The lowest BCUT2D eigenvalue weighted by atomic mass is 9.70. The average molecular weight is 309 g/mol. The van der Waals surface area contributed by atoms with E-state index in [4.69, 9.17) is 0 Å². The molecular formula is C17H21F2NS. The van der Waals surface area contributed by atoms with E-state index in [-0.39, 0.29) is 16.6 Å². The van der Waals surface area contributed by atoms with Gasteiger partial charge in [0, 0.05) is 16.2 Å². The second-order valence-corrected chi connectivity index (χ2v) is 8.12. The van der Waals surface area contributed by atoms with Crippen molar-refractivity contribution in [2.45, 2.75) is 50.2 Å². The number of thioether (sulfide) groups is 1. The third kappa shape index (κ3) is 3.97. The molecule has 0 amide bonds. The van der Waals surface area contributed by atoms with Crippen LogP contribution in [0.3, 0.4) is 0 Å². The lowest BCUT2D eigenvalue weighted by Gasteiger charge is -2.39. The van der Waals surface area contributed by atoms with Gasteiger partial charge in [0.2, 0.25) is 0 Å². The molecule has 3 atom stereocenters. The van der Waals surface area contributed by atoms with Crippen molar-refractivity contribution in [2.75, 3.05) is 0 Å². The summed E-state index contributed by atoms with van der Waals surface area (Å²) in [6, 6.07) is 6.02. The molecule has 1 aromatic rings. The van der Waals surface area contributed by atoms with Gasteiger partial charge in [-0.25, -0.2) is 8.78 Å². The Kier molecular flexibility index (Phi) is 4.93. The largest absolute Gasteiger partial charge is 0.207 e. The van der Waals surface area contributed by atoms with Crippen LogP contribution in [-0.4, -0.2) is 5.25 Å². The number of rotatable bonds is 2. The molecule has 3 unspecified atom stereocenters. The Labute approximate surface area is 129 Å². The molecule has 21 heavy (non-hydrogen) atoms. The highest BCUT2D eigenvalue weighted by atomic mass is 32.2. The van der Waals surface area contributed by atoms with Crippen molar-refractivity contribution < 1.29 is 8.78 Å². The van der Waals surface area contributed by atoms with Crippen molar-refractivity contribution in [3.63, 3.8) is 0 Å². The summed E-state index contributed by atoms with van der Waals surface area (Å²) in [5, 5.41) is 9.40. The topological polar surface area (TPSA) is 23.8 Å². The van der Waals surface area contributed by atoms with Crippen molar-refractivity contribution >= 4 is 11.8 Å². The number of hydrogen-bond donors (Lipinski definition) is 0. The van der Waals surface area contributed by atoms with E-state index in [0.717, 1.165) is 25.3 Å². The van der Waals surface area contributed by atoms with Crippen LogP contribution < -0.4 is 0 Å². The second-order valence-electron chi connectivity index (χ2n) is 6.84. The molecule has 0 saturated heterocycles. The van der Waals surface area contributed by atoms with Gasteiger partial charge in [-0.15, -0.1) is 11.8 Å². The van der Waals surface area contributed by atoms with Crippen molar-refractivity contribution in [2.24, 2.45) is 17.3 Å². The van der Waals surface area contributed by atoms with Gasteiger partial charge in [0.05, 0.1) is 12.0 Å². The van der Waals surface area contributed by atoms with Gasteiger partial charge in [0.15, 0.2) is 0 Å². The predicted octanol–water partition coefficient (Wildman–Crippen LogP) is 5.41. The van der Waals surface area contributed by atoms with Crippen molar-refractivity contribution in [1.82, 2.24) is 0 Å². The lowest BCUT2D eigenvalue weighted by Crippen LogP contribution is -2.33. The molecule has 0 bridgehead atoms. The standard InChI is InChI=1S/C17H21F2NS/c1-17(2,3)12-5-4-11(10-20)16(8-12)21-15-7-6-13(18)9-14(15)19/h6-7,9,11-12,16H,4-5,8H2,1-3H3. The molecule has 0 N–H and O–H groups in total. The minimum absolute atomic E-state index is 0.0574. The van der Waals surface area contributed by atoms with Crippen LogP contribution in [0.1, 0.15) is 40.0 Å².